The molecule has 2 aliphatic rings. The molecular formula is C121H82N6. The fourth-order valence-electron chi connectivity index (χ4n) is 21.9. The first kappa shape index (κ1) is 72.4. The van der Waals surface area contributed by atoms with Gasteiger partial charge in [-0.3, -0.25) is 0 Å². The van der Waals surface area contributed by atoms with Crippen LogP contribution in [0.3, 0.4) is 0 Å². The first-order valence-corrected chi connectivity index (χ1v) is 44.3. The average molecular weight is 1620 g/mol. The zero-order valence-corrected chi connectivity index (χ0v) is 70.1. The molecule has 26 aromatic rings. The number of aryl methyl sites for hydroxylation is 1. The van der Waals surface area contributed by atoms with Gasteiger partial charge in [-0.2, -0.15) is 0 Å². The molecule has 6 aromatic heterocycles. The molecule has 0 saturated heterocycles. The zero-order chi connectivity index (χ0) is 83.7. The van der Waals surface area contributed by atoms with Crippen LogP contribution in [0.5, 0.6) is 0 Å². The standard InChI is InChI=1S/C43H32N2.C40H26N2.C38H24N2/c1-43(2)37-16-8-5-12-29(37)30-22-20-27(24-38(30)43)45-40-18-10-7-14-32(40)33-21-19-26(23-41(33)45)35-25-36-31-13-6-9-17-39(31)44-42(36)34-15-4-3-11-28(34)35;1-2-11-26(12-3-1)27-13-10-14-29(23-27)42-38-20-9-7-17-32(38)33-22-21-28(24-39(33)42)35-25-36-31-16-6-8-19-37(31)41-40(36)34-18-5-4-15-30(34)35;1-2-10-25-21-27(19-17-24(25)9-1)40-36-16-8-6-13-30(36)31-20-18-26(22-37(31)40)33-23-34-29-12-5-7-15-35(29)39-38(34)32-14-4-3-11-28(32)33/h3,5-14,16-25,44H,4,15H2,1-2H3;1-25,41H;1-23,39H. The Balaban J connectivity index is 0.000000101. The van der Waals surface area contributed by atoms with Crippen molar-refractivity contribution >= 4 is 169 Å². The van der Waals surface area contributed by atoms with E-state index >= 15 is 0 Å². The highest BCUT2D eigenvalue weighted by atomic mass is 15.0. The molecule has 0 fully saturated rings. The van der Waals surface area contributed by atoms with Crippen molar-refractivity contribution in [2.24, 2.45) is 0 Å². The van der Waals surface area contributed by atoms with E-state index in [2.05, 4.69) is 461 Å². The molecule has 20 aromatic carbocycles. The highest BCUT2D eigenvalue weighted by molar-refractivity contribution is 6.24. The summed E-state index contributed by atoms with van der Waals surface area (Å²) < 4.78 is 7.33. The Morgan fingerprint density at radius 2 is 0.630 bits per heavy atom. The Labute approximate surface area is 732 Å². The molecule has 0 atom stereocenters. The minimum Gasteiger partial charge on any atom is -0.354 e. The number of hydrogen-bond donors (Lipinski definition) is 3. The van der Waals surface area contributed by atoms with Crippen LogP contribution in [-0.2, 0) is 11.8 Å². The van der Waals surface area contributed by atoms with Crippen molar-refractivity contribution in [3.05, 3.63) is 435 Å². The predicted octanol–water partition coefficient (Wildman–Crippen LogP) is 32.6. The minimum absolute atomic E-state index is 0.0496. The Morgan fingerprint density at radius 3 is 1.19 bits per heavy atom. The van der Waals surface area contributed by atoms with Gasteiger partial charge < -0.3 is 28.7 Å². The smallest absolute Gasteiger partial charge is 0.0547 e. The number of H-pyrrole nitrogens is 3. The summed E-state index contributed by atoms with van der Waals surface area (Å²) in [5.74, 6) is 0. The highest BCUT2D eigenvalue weighted by Gasteiger charge is 2.36. The van der Waals surface area contributed by atoms with Gasteiger partial charge in [-0.15, -0.1) is 0 Å². The van der Waals surface area contributed by atoms with Crippen molar-refractivity contribution in [3.63, 3.8) is 0 Å². The molecule has 0 amide bonds. The van der Waals surface area contributed by atoms with E-state index in [-0.39, 0.29) is 5.41 Å². The second kappa shape index (κ2) is 28.4. The Kier molecular flexibility index (Phi) is 16.2. The van der Waals surface area contributed by atoms with Crippen LogP contribution >= 0.6 is 0 Å². The van der Waals surface area contributed by atoms with Gasteiger partial charge in [0.25, 0.3) is 0 Å². The second-order valence-corrected chi connectivity index (χ2v) is 35.1. The van der Waals surface area contributed by atoms with Crippen LogP contribution in [0.15, 0.2) is 413 Å². The van der Waals surface area contributed by atoms with E-state index in [0.717, 1.165) is 18.5 Å². The van der Waals surface area contributed by atoms with Gasteiger partial charge in [0, 0.05) is 114 Å². The molecule has 127 heavy (non-hydrogen) atoms. The van der Waals surface area contributed by atoms with Gasteiger partial charge in [0.15, 0.2) is 0 Å². The van der Waals surface area contributed by atoms with Gasteiger partial charge in [-0.05, 0) is 221 Å². The molecule has 3 N–H and O–H groups in total. The molecule has 6 nitrogen and oxygen atoms in total. The lowest BCUT2D eigenvalue weighted by molar-refractivity contribution is 0.660. The number of aromatic nitrogens is 6. The highest BCUT2D eigenvalue weighted by Crippen LogP contribution is 2.52. The largest absolute Gasteiger partial charge is 0.354 e. The molecular weight excluding hydrogens is 1540 g/mol. The number of allylic oxidation sites excluding steroid dienone is 1. The lowest BCUT2D eigenvalue weighted by atomic mass is 9.82. The normalized spacial score (nSPS) is 12.9. The van der Waals surface area contributed by atoms with Gasteiger partial charge in [0.05, 0.1) is 49.7 Å². The third kappa shape index (κ3) is 11.3. The molecule has 0 saturated carbocycles. The van der Waals surface area contributed by atoms with Crippen LogP contribution < -0.4 is 0 Å². The Morgan fingerprint density at radius 1 is 0.228 bits per heavy atom. The van der Waals surface area contributed by atoms with Gasteiger partial charge in [0.1, 0.15) is 0 Å². The Bertz CT molecular complexity index is 9140. The quantitative estimate of drug-likeness (QED) is 0.142. The van der Waals surface area contributed by atoms with Crippen molar-refractivity contribution in [2.45, 2.75) is 32.1 Å². The van der Waals surface area contributed by atoms with Gasteiger partial charge >= 0.3 is 0 Å². The van der Waals surface area contributed by atoms with E-state index in [0.29, 0.717) is 0 Å². The SMILES string of the molecule is CC1(C)c2ccccc2-c2ccc(-n3c4ccccc4c4ccc(-c5cc6c([nH]c7ccccc76)c6c5C=CCC6)cc43)cc21.c1ccc(-c2cccc(-n3c4ccccc4c4ccc(-c5cc6c7ccccc7[nH]c6c6ccccc56)cc43)c2)cc1.c1ccc2cc(-n3c4ccccc4c4ccc(-c5cc6c7ccccc7[nH]c6c6ccccc56)cc43)ccc2c1. The van der Waals surface area contributed by atoms with E-state index in [1.54, 1.807) is 0 Å². The maximum Gasteiger partial charge on any atom is 0.0547 e. The number of rotatable bonds is 7. The minimum atomic E-state index is -0.0496. The second-order valence-electron chi connectivity index (χ2n) is 35.1. The van der Waals surface area contributed by atoms with E-state index < -0.39 is 0 Å². The van der Waals surface area contributed by atoms with Gasteiger partial charge in [-0.1, -0.05) is 323 Å². The van der Waals surface area contributed by atoms with E-state index in [1.165, 1.54) is 252 Å². The van der Waals surface area contributed by atoms with Crippen LogP contribution in [0, 0.1) is 0 Å². The number of nitrogens with one attached hydrogen (secondary N) is 3. The summed E-state index contributed by atoms with van der Waals surface area (Å²) in [7, 11) is 0. The fourth-order valence-corrected chi connectivity index (χ4v) is 21.9. The maximum atomic E-state index is 3.76. The molecule has 28 rings (SSSR count). The van der Waals surface area contributed by atoms with Crippen LogP contribution in [0.1, 0.15) is 42.5 Å². The molecule has 0 aliphatic heterocycles. The van der Waals surface area contributed by atoms with Crippen LogP contribution in [0.4, 0.5) is 0 Å². The summed E-state index contributed by atoms with van der Waals surface area (Å²) in [6, 6.07) is 149. The summed E-state index contributed by atoms with van der Waals surface area (Å²) in [5, 5.41) is 22.8. The fraction of sp³-hybridized carbons (Fsp3) is 0.0413. The number of hydrogen-bond acceptors (Lipinski definition) is 0. The summed E-state index contributed by atoms with van der Waals surface area (Å²) in [6.07, 6.45) is 6.81. The lowest BCUT2D eigenvalue weighted by Crippen LogP contribution is -2.15. The predicted molar refractivity (Wildman–Crippen MR) is 540 cm³/mol. The van der Waals surface area contributed by atoms with Crippen molar-refractivity contribution in [1.29, 1.82) is 0 Å². The lowest BCUT2D eigenvalue weighted by Gasteiger charge is -2.22. The number of fused-ring (bicyclic) bond motifs is 28. The number of nitrogens with zero attached hydrogens (tertiary/aromatic N) is 3. The summed E-state index contributed by atoms with van der Waals surface area (Å²) in [5.41, 5.74) is 36.3. The third-order valence-electron chi connectivity index (χ3n) is 27.8. The van der Waals surface area contributed by atoms with Crippen LogP contribution in [-0.4, -0.2) is 28.7 Å². The van der Waals surface area contributed by atoms with E-state index in [1.807, 2.05) is 0 Å². The molecule has 0 radical (unpaired) electrons. The molecule has 2 aliphatic carbocycles. The third-order valence-corrected chi connectivity index (χ3v) is 27.8. The van der Waals surface area contributed by atoms with Gasteiger partial charge in [0.2, 0.25) is 0 Å². The number of para-hydroxylation sites is 6. The van der Waals surface area contributed by atoms with E-state index in [4.69, 9.17) is 0 Å². The van der Waals surface area contributed by atoms with Gasteiger partial charge in [-0.25, -0.2) is 0 Å². The van der Waals surface area contributed by atoms with E-state index in [9.17, 15) is 0 Å². The molecule has 0 spiro atoms. The first-order chi connectivity index (χ1) is 62.7. The average Bonchev–Trinajstić information content (AvgIpc) is 1.56. The van der Waals surface area contributed by atoms with Crippen molar-refractivity contribution in [2.75, 3.05) is 0 Å². The monoisotopic (exact) mass is 1620 g/mol. The van der Waals surface area contributed by atoms with Crippen LogP contribution in [0.25, 0.3) is 242 Å². The molecule has 6 heteroatoms. The molecule has 6 heterocycles. The summed E-state index contributed by atoms with van der Waals surface area (Å²) >= 11 is 0. The summed E-state index contributed by atoms with van der Waals surface area (Å²) in [6.45, 7) is 4.73. The summed E-state index contributed by atoms with van der Waals surface area (Å²) in [4.78, 5) is 11.1. The topological polar surface area (TPSA) is 62.2 Å². The maximum absolute atomic E-state index is 3.76. The zero-order valence-electron chi connectivity index (χ0n) is 70.1. The van der Waals surface area contributed by atoms with Crippen molar-refractivity contribution in [3.8, 4) is 72.7 Å². The van der Waals surface area contributed by atoms with Crippen molar-refractivity contribution in [1.82, 2.24) is 28.7 Å². The molecule has 0 bridgehead atoms. The van der Waals surface area contributed by atoms with Crippen LogP contribution in [0.2, 0.25) is 0 Å². The molecule has 0 unspecified atom stereocenters. The number of benzene rings is 20. The molecule has 596 valence electrons. The van der Waals surface area contributed by atoms with Crippen molar-refractivity contribution < 1.29 is 0 Å². The number of aromatic amines is 3. The Hall–Kier alpha value is -16.3. The first-order valence-electron chi connectivity index (χ1n) is 44.3.